The Hall–Kier alpha value is -1.22. The van der Waals surface area contributed by atoms with Crippen LogP contribution in [0.1, 0.15) is 19.3 Å². The molecule has 1 aromatic rings. The van der Waals surface area contributed by atoms with Gasteiger partial charge in [-0.3, -0.25) is 9.78 Å². The zero-order valence-electron chi connectivity index (χ0n) is 14.3. The summed E-state index contributed by atoms with van der Waals surface area (Å²) < 4.78 is 27.1. The van der Waals surface area contributed by atoms with Crippen LogP contribution in [0.3, 0.4) is 0 Å². The number of amides is 1. The number of pyridine rings is 1. The molecular formula is C16H25ClN4O3S. The minimum atomic E-state index is -3.51. The van der Waals surface area contributed by atoms with Gasteiger partial charge in [-0.2, -0.15) is 4.31 Å². The lowest BCUT2D eigenvalue weighted by molar-refractivity contribution is -0.140. The first-order chi connectivity index (χ1) is 11.5. The van der Waals surface area contributed by atoms with E-state index in [1.807, 2.05) is 11.9 Å². The molecule has 3 rings (SSSR count). The van der Waals surface area contributed by atoms with Crippen LogP contribution in [0.25, 0.3) is 0 Å². The molecule has 0 radical (unpaired) electrons. The molecule has 1 aromatic heterocycles. The largest absolute Gasteiger partial charge is 0.338 e. The number of aromatic nitrogens is 1. The highest BCUT2D eigenvalue weighted by atomic mass is 35.5. The van der Waals surface area contributed by atoms with Gasteiger partial charge in [-0.05, 0) is 37.9 Å². The van der Waals surface area contributed by atoms with E-state index in [0.717, 1.165) is 13.0 Å². The summed E-state index contributed by atoms with van der Waals surface area (Å²) in [6.45, 7) is 2.37. The van der Waals surface area contributed by atoms with Crippen LogP contribution in [0.4, 0.5) is 0 Å². The predicted octanol–water partition coefficient (Wildman–Crippen LogP) is 0.724. The number of sulfonamides is 1. The summed E-state index contributed by atoms with van der Waals surface area (Å²) in [5, 5.41) is 3.08. The van der Waals surface area contributed by atoms with Gasteiger partial charge in [-0.15, -0.1) is 12.4 Å². The summed E-state index contributed by atoms with van der Waals surface area (Å²) in [6.07, 6.45) is 4.92. The number of hydrogen-bond acceptors (Lipinski definition) is 5. The maximum absolute atomic E-state index is 12.8. The Kier molecular flexibility index (Phi) is 6.79. The molecule has 0 aliphatic carbocycles. The fourth-order valence-corrected chi connectivity index (χ4v) is 5.18. The van der Waals surface area contributed by atoms with Gasteiger partial charge in [0.05, 0.1) is 0 Å². The van der Waals surface area contributed by atoms with E-state index in [4.69, 9.17) is 0 Å². The second-order valence-electron chi connectivity index (χ2n) is 6.40. The molecule has 9 heteroatoms. The Balaban J connectivity index is 0.00000225. The molecule has 0 spiro atoms. The van der Waals surface area contributed by atoms with Gasteiger partial charge >= 0.3 is 0 Å². The van der Waals surface area contributed by atoms with Crippen molar-refractivity contribution in [1.29, 1.82) is 0 Å². The summed E-state index contributed by atoms with van der Waals surface area (Å²) in [5.74, 6) is 0.398. The second kappa shape index (κ2) is 8.44. The molecule has 25 heavy (non-hydrogen) atoms. The number of halogens is 1. The Morgan fingerprint density at radius 1 is 1.36 bits per heavy atom. The van der Waals surface area contributed by atoms with Crippen molar-refractivity contribution >= 4 is 28.3 Å². The molecular weight excluding hydrogens is 364 g/mol. The van der Waals surface area contributed by atoms with Gasteiger partial charge in [0, 0.05) is 51.0 Å². The number of nitrogens with zero attached hydrogens (tertiary/aromatic N) is 3. The topological polar surface area (TPSA) is 82.6 Å². The monoisotopic (exact) mass is 388 g/mol. The van der Waals surface area contributed by atoms with Gasteiger partial charge in [-0.25, -0.2) is 8.42 Å². The molecule has 0 aromatic carbocycles. The maximum Gasteiger partial charge on any atom is 0.244 e. The van der Waals surface area contributed by atoms with Crippen LogP contribution in [-0.4, -0.2) is 67.8 Å². The van der Waals surface area contributed by atoms with Crippen molar-refractivity contribution in [2.45, 2.75) is 30.2 Å². The summed E-state index contributed by atoms with van der Waals surface area (Å²) in [5.41, 5.74) is 0. The average molecular weight is 389 g/mol. The first kappa shape index (κ1) is 20.1. The number of carbonyl (C=O) groups is 1. The van der Waals surface area contributed by atoms with Crippen molar-refractivity contribution < 1.29 is 13.2 Å². The van der Waals surface area contributed by atoms with E-state index in [1.54, 1.807) is 22.6 Å². The van der Waals surface area contributed by atoms with Crippen LogP contribution >= 0.6 is 12.4 Å². The highest BCUT2D eigenvalue weighted by Crippen LogP contribution is 2.33. The standard InChI is InChI=1S/C16H24N4O3S.ClH/c1-17-8-10-20-15-6-9-19(12-13(15)4-5-16(20)21)24(22,23)14-3-2-7-18-11-14;/h2-3,7,11,13,15,17H,4-6,8-10,12H2,1H3;1H/t13-,15+;/m0./s1. The zero-order valence-corrected chi connectivity index (χ0v) is 15.9. The fraction of sp³-hybridized carbons (Fsp3) is 0.625. The second-order valence-corrected chi connectivity index (χ2v) is 8.34. The Morgan fingerprint density at radius 3 is 2.84 bits per heavy atom. The number of fused-ring (bicyclic) bond motifs is 1. The highest BCUT2D eigenvalue weighted by Gasteiger charge is 2.42. The van der Waals surface area contributed by atoms with Gasteiger partial charge in [0.1, 0.15) is 4.90 Å². The van der Waals surface area contributed by atoms with Crippen molar-refractivity contribution in [2.75, 3.05) is 33.2 Å². The minimum Gasteiger partial charge on any atom is -0.338 e. The van der Waals surface area contributed by atoms with Gasteiger partial charge in [0.25, 0.3) is 0 Å². The van der Waals surface area contributed by atoms with Crippen LogP contribution < -0.4 is 5.32 Å². The Bertz CT molecular complexity index is 686. The smallest absolute Gasteiger partial charge is 0.244 e. The molecule has 2 fully saturated rings. The molecule has 1 N–H and O–H groups in total. The number of likely N-dealkylation sites (N-methyl/N-ethyl adjacent to an activating group) is 1. The van der Waals surface area contributed by atoms with E-state index in [0.29, 0.717) is 32.5 Å². The molecule has 2 saturated heterocycles. The van der Waals surface area contributed by atoms with E-state index in [2.05, 4.69) is 10.3 Å². The Morgan fingerprint density at radius 2 is 2.16 bits per heavy atom. The van der Waals surface area contributed by atoms with Crippen molar-refractivity contribution in [1.82, 2.24) is 19.5 Å². The van der Waals surface area contributed by atoms with Gasteiger partial charge in [-0.1, -0.05) is 0 Å². The van der Waals surface area contributed by atoms with Gasteiger partial charge < -0.3 is 10.2 Å². The van der Waals surface area contributed by atoms with Crippen LogP contribution in [-0.2, 0) is 14.8 Å². The van der Waals surface area contributed by atoms with Gasteiger partial charge in [0.15, 0.2) is 0 Å². The summed E-state index contributed by atoms with van der Waals surface area (Å²) in [6, 6.07) is 3.37. The normalized spacial score (nSPS) is 24.5. The van der Waals surface area contributed by atoms with Crippen molar-refractivity contribution in [3.63, 3.8) is 0 Å². The third kappa shape index (κ3) is 4.13. The first-order valence-electron chi connectivity index (χ1n) is 8.38. The highest BCUT2D eigenvalue weighted by molar-refractivity contribution is 7.89. The van der Waals surface area contributed by atoms with Crippen LogP contribution in [0, 0.1) is 5.92 Å². The molecule has 2 aliphatic heterocycles. The molecule has 2 aliphatic rings. The van der Waals surface area contributed by atoms with Crippen molar-refractivity contribution in [2.24, 2.45) is 5.92 Å². The molecule has 140 valence electrons. The predicted molar refractivity (Wildman–Crippen MR) is 97.0 cm³/mol. The third-order valence-corrected chi connectivity index (χ3v) is 6.83. The first-order valence-corrected chi connectivity index (χ1v) is 9.82. The number of hydrogen-bond donors (Lipinski definition) is 1. The average Bonchev–Trinajstić information content (AvgIpc) is 2.61. The van der Waals surface area contributed by atoms with Crippen molar-refractivity contribution in [3.05, 3.63) is 24.5 Å². The number of rotatable bonds is 5. The maximum atomic E-state index is 12.8. The lowest BCUT2D eigenvalue weighted by Crippen LogP contribution is -2.57. The zero-order chi connectivity index (χ0) is 17.2. The van der Waals surface area contributed by atoms with E-state index in [-0.39, 0.29) is 35.2 Å². The molecule has 0 saturated carbocycles. The van der Waals surface area contributed by atoms with E-state index < -0.39 is 10.0 Å². The summed E-state index contributed by atoms with van der Waals surface area (Å²) in [4.78, 5) is 18.3. The van der Waals surface area contributed by atoms with E-state index >= 15 is 0 Å². The Labute approximate surface area is 155 Å². The lowest BCUT2D eigenvalue weighted by atomic mass is 9.84. The minimum absolute atomic E-state index is 0. The van der Waals surface area contributed by atoms with Gasteiger partial charge in [0.2, 0.25) is 15.9 Å². The van der Waals surface area contributed by atoms with Crippen LogP contribution in [0.5, 0.6) is 0 Å². The molecule has 0 unspecified atom stereocenters. The number of piperidine rings is 2. The number of nitrogens with one attached hydrogen (secondary N) is 1. The quantitative estimate of drug-likeness (QED) is 0.803. The fourth-order valence-electron chi connectivity index (χ4n) is 3.71. The summed E-state index contributed by atoms with van der Waals surface area (Å²) in [7, 11) is -1.64. The molecule has 7 nitrogen and oxygen atoms in total. The lowest BCUT2D eigenvalue weighted by Gasteiger charge is -2.46. The van der Waals surface area contributed by atoms with Crippen LogP contribution in [0.15, 0.2) is 29.4 Å². The van der Waals surface area contributed by atoms with E-state index in [9.17, 15) is 13.2 Å². The molecule has 0 bridgehead atoms. The molecule has 2 atom stereocenters. The third-order valence-electron chi connectivity index (χ3n) is 4.98. The number of carbonyl (C=O) groups excluding carboxylic acids is 1. The van der Waals surface area contributed by atoms with Crippen LogP contribution in [0.2, 0.25) is 0 Å². The van der Waals surface area contributed by atoms with Crippen molar-refractivity contribution in [3.8, 4) is 0 Å². The summed E-state index contributed by atoms with van der Waals surface area (Å²) >= 11 is 0. The molecule has 1 amide bonds. The molecule has 3 heterocycles. The number of likely N-dealkylation sites (tertiary alicyclic amines) is 1. The SMILES string of the molecule is CNCCN1C(=O)CC[C@H]2CN(S(=O)(=O)c3cccnc3)CC[C@H]21.Cl. The van der Waals surface area contributed by atoms with E-state index in [1.165, 1.54) is 6.20 Å².